The van der Waals surface area contributed by atoms with Crippen LogP contribution >= 0.6 is 17.2 Å². The summed E-state index contributed by atoms with van der Waals surface area (Å²) < 4.78 is 3.60. The lowest BCUT2D eigenvalue weighted by Gasteiger charge is -2.20. The van der Waals surface area contributed by atoms with Gasteiger partial charge in [0.25, 0.3) is 0 Å². The first-order valence-corrected chi connectivity index (χ1v) is 11.9. The highest BCUT2D eigenvalue weighted by molar-refractivity contribution is 7.53. The van der Waals surface area contributed by atoms with Gasteiger partial charge in [-0.15, -0.1) is 0 Å². The molecule has 6 N–H and O–H groups in total. The average molecular weight is 474 g/mol. The molecular formula is C22H36O7P2. The molecule has 0 unspecified atom stereocenters. The summed E-state index contributed by atoms with van der Waals surface area (Å²) in [7, 11) is -5.22. The average Bonchev–Trinajstić information content (AvgIpc) is 2.51. The van der Waals surface area contributed by atoms with E-state index in [0.717, 1.165) is 22.3 Å². The number of rotatable bonds is 2. The zero-order valence-electron chi connectivity index (χ0n) is 19.5. The summed E-state index contributed by atoms with van der Waals surface area (Å²) in [5, 5.41) is 19.3. The number of phenolic OH excluding ortho intramolecular Hbond substituents is 2. The van der Waals surface area contributed by atoms with Crippen LogP contribution in [0.4, 0.5) is 0 Å². The molecule has 0 bridgehead atoms. The Bertz CT molecular complexity index is 743. The van der Waals surface area contributed by atoms with E-state index < -0.39 is 17.2 Å². The lowest BCUT2D eigenvalue weighted by molar-refractivity contribution is 0.324. The molecule has 0 spiro atoms. The molecule has 7 nitrogen and oxygen atoms in total. The summed E-state index contributed by atoms with van der Waals surface area (Å²) in [5.74, 6) is 0.810. The summed E-state index contributed by atoms with van der Waals surface area (Å²) in [5.41, 5.74) is 4.26. The zero-order chi connectivity index (χ0) is 24.6. The van der Waals surface area contributed by atoms with Gasteiger partial charge in [-0.3, -0.25) is 0 Å². The number of hydrogen-bond donors (Lipinski definition) is 6. The van der Waals surface area contributed by atoms with Gasteiger partial charge in [0, 0.05) is 0 Å². The van der Waals surface area contributed by atoms with Crippen LogP contribution in [0.1, 0.15) is 63.8 Å². The summed E-state index contributed by atoms with van der Waals surface area (Å²) in [6.07, 6.45) is 0. The lowest BCUT2D eigenvalue weighted by Crippen LogP contribution is -2.11. The lowest BCUT2D eigenvalue weighted by atomic mass is 9.86. The highest BCUT2D eigenvalue weighted by Gasteiger charge is 2.18. The van der Waals surface area contributed by atoms with E-state index in [9.17, 15) is 10.2 Å². The predicted octanol–water partition coefficient (Wildman–Crippen LogP) is 5.42. The SMILES string of the molecule is Cc1ccc(C(C)(C)C)c(O)c1.Cc1ccc(C(C)(C)C)c(O)c1.OP(O)OP(O)O. The Morgan fingerprint density at radius 2 is 0.903 bits per heavy atom. The normalized spacial score (nSPS) is 11.5. The van der Waals surface area contributed by atoms with Crippen LogP contribution in [-0.2, 0) is 15.1 Å². The van der Waals surface area contributed by atoms with Gasteiger partial charge in [-0.25, -0.2) is 4.31 Å². The Balaban J connectivity index is 0.000000454. The largest absolute Gasteiger partial charge is 0.508 e. The molecule has 0 aliphatic carbocycles. The standard InChI is InChI=1S/2C11H16O.H4O5P2/c2*1-8-5-6-9(10(12)7-8)11(2,3)4;1-6(2)5-7(3)4/h2*5-7,12H,1-4H3;1-4H. The summed E-state index contributed by atoms with van der Waals surface area (Å²) in [6.45, 7) is 16.5. The molecule has 2 rings (SSSR count). The van der Waals surface area contributed by atoms with E-state index in [1.165, 1.54) is 0 Å². The molecule has 31 heavy (non-hydrogen) atoms. The Kier molecular flexibility index (Phi) is 12.1. The van der Waals surface area contributed by atoms with Gasteiger partial charge in [0.05, 0.1) is 0 Å². The maximum atomic E-state index is 9.63. The van der Waals surface area contributed by atoms with E-state index in [2.05, 4.69) is 45.9 Å². The van der Waals surface area contributed by atoms with E-state index in [0.29, 0.717) is 11.5 Å². The van der Waals surface area contributed by atoms with Crippen molar-refractivity contribution in [3.05, 3.63) is 58.7 Å². The van der Waals surface area contributed by atoms with Crippen LogP contribution in [0.15, 0.2) is 36.4 Å². The second-order valence-corrected chi connectivity index (χ2v) is 10.8. The van der Waals surface area contributed by atoms with Crippen molar-refractivity contribution in [2.24, 2.45) is 0 Å². The van der Waals surface area contributed by atoms with Crippen molar-refractivity contribution in [3.63, 3.8) is 0 Å². The fourth-order valence-electron chi connectivity index (χ4n) is 2.62. The molecule has 0 aliphatic heterocycles. The minimum atomic E-state index is -2.61. The van der Waals surface area contributed by atoms with Gasteiger partial charge in [0.15, 0.2) is 0 Å². The minimum Gasteiger partial charge on any atom is -0.508 e. The monoisotopic (exact) mass is 474 g/mol. The molecule has 0 amide bonds. The van der Waals surface area contributed by atoms with Crippen LogP contribution in [0, 0.1) is 13.8 Å². The van der Waals surface area contributed by atoms with Crippen molar-refractivity contribution in [2.45, 2.75) is 66.2 Å². The third-order valence-electron chi connectivity index (χ3n) is 4.07. The first kappa shape index (κ1) is 29.7. The van der Waals surface area contributed by atoms with Gasteiger partial charge in [0.2, 0.25) is 0 Å². The molecule has 0 aliphatic rings. The maximum Gasteiger partial charge on any atom is 0.334 e. The van der Waals surface area contributed by atoms with Crippen LogP contribution < -0.4 is 0 Å². The molecule has 0 heterocycles. The summed E-state index contributed by atoms with van der Waals surface area (Å²) in [4.78, 5) is 31.3. The topological polar surface area (TPSA) is 131 Å². The molecule has 9 heteroatoms. The van der Waals surface area contributed by atoms with Crippen LogP contribution in [0.5, 0.6) is 11.5 Å². The Hall–Kier alpha value is -1.30. The molecule has 0 aromatic heterocycles. The Labute approximate surface area is 188 Å². The van der Waals surface area contributed by atoms with Gasteiger partial charge in [0.1, 0.15) is 11.5 Å². The number of hydrogen-bond acceptors (Lipinski definition) is 7. The van der Waals surface area contributed by atoms with E-state index in [1.54, 1.807) is 12.1 Å². The molecule has 176 valence electrons. The van der Waals surface area contributed by atoms with Crippen molar-refractivity contribution in [1.29, 1.82) is 0 Å². The molecule has 2 aromatic carbocycles. The molecule has 0 saturated heterocycles. The van der Waals surface area contributed by atoms with Crippen molar-refractivity contribution >= 4 is 17.2 Å². The molecule has 0 saturated carbocycles. The summed E-state index contributed by atoms with van der Waals surface area (Å²) >= 11 is 0. The predicted molar refractivity (Wildman–Crippen MR) is 127 cm³/mol. The van der Waals surface area contributed by atoms with E-state index >= 15 is 0 Å². The second kappa shape index (κ2) is 12.7. The third kappa shape index (κ3) is 12.4. The van der Waals surface area contributed by atoms with Gasteiger partial charge in [-0.2, -0.15) is 0 Å². The first-order valence-electron chi connectivity index (χ1n) is 9.59. The Morgan fingerprint density at radius 1 is 0.613 bits per heavy atom. The number of aryl methyl sites for hydroxylation is 2. The number of aromatic hydroxyl groups is 2. The minimum absolute atomic E-state index is 0.0256. The van der Waals surface area contributed by atoms with E-state index in [4.69, 9.17) is 19.6 Å². The fourth-order valence-corrected chi connectivity index (χ4v) is 3.14. The summed E-state index contributed by atoms with van der Waals surface area (Å²) in [6, 6.07) is 11.6. The molecule has 0 fully saturated rings. The molecule has 2 aromatic rings. The van der Waals surface area contributed by atoms with Crippen LogP contribution in [-0.4, -0.2) is 29.8 Å². The first-order chi connectivity index (χ1) is 13.9. The number of benzene rings is 2. The van der Waals surface area contributed by atoms with E-state index in [1.807, 2.05) is 38.1 Å². The smallest absolute Gasteiger partial charge is 0.334 e. The van der Waals surface area contributed by atoms with Crippen LogP contribution in [0.3, 0.4) is 0 Å². The van der Waals surface area contributed by atoms with Gasteiger partial charge in [-0.1, -0.05) is 65.8 Å². The van der Waals surface area contributed by atoms with Crippen molar-refractivity contribution in [1.82, 2.24) is 0 Å². The molecule has 0 atom stereocenters. The molecular weight excluding hydrogens is 438 g/mol. The van der Waals surface area contributed by atoms with Gasteiger partial charge < -0.3 is 29.8 Å². The molecule has 0 radical (unpaired) electrons. The van der Waals surface area contributed by atoms with Crippen molar-refractivity contribution in [2.75, 3.05) is 0 Å². The van der Waals surface area contributed by atoms with Gasteiger partial charge in [-0.05, 0) is 59.1 Å². The zero-order valence-corrected chi connectivity index (χ0v) is 21.2. The second-order valence-electron chi connectivity index (χ2n) is 9.13. The van der Waals surface area contributed by atoms with Crippen LogP contribution in [0.2, 0.25) is 0 Å². The maximum absolute atomic E-state index is 9.63. The van der Waals surface area contributed by atoms with E-state index in [-0.39, 0.29) is 10.8 Å². The Morgan fingerprint density at radius 3 is 1.06 bits per heavy atom. The van der Waals surface area contributed by atoms with Crippen molar-refractivity contribution < 1.29 is 34.1 Å². The van der Waals surface area contributed by atoms with Gasteiger partial charge >= 0.3 is 17.2 Å². The highest BCUT2D eigenvalue weighted by Crippen LogP contribution is 2.41. The fraction of sp³-hybridized carbons (Fsp3) is 0.455. The third-order valence-corrected chi connectivity index (χ3v) is 5.24. The van der Waals surface area contributed by atoms with Crippen LogP contribution in [0.25, 0.3) is 0 Å². The number of phenols is 2. The quantitative estimate of drug-likeness (QED) is 0.320. The van der Waals surface area contributed by atoms with Crippen molar-refractivity contribution in [3.8, 4) is 11.5 Å². The highest BCUT2D eigenvalue weighted by atomic mass is 31.2.